The Balaban J connectivity index is 3.03. The summed E-state index contributed by atoms with van der Waals surface area (Å²) in [5, 5.41) is -0.357. The highest BCUT2D eigenvalue weighted by molar-refractivity contribution is 6.67. The zero-order valence-corrected chi connectivity index (χ0v) is 8.56. The minimum Gasteiger partial charge on any atom is -0.274 e. The van der Waals surface area contributed by atoms with Crippen molar-refractivity contribution in [2.75, 3.05) is 0 Å². The summed E-state index contributed by atoms with van der Waals surface area (Å²) in [6.07, 6.45) is 1.59. The lowest BCUT2D eigenvalue weighted by atomic mass is 10.3. The first-order valence-electron chi connectivity index (χ1n) is 3.86. The Hall–Kier alpha value is -0.670. The second-order valence-corrected chi connectivity index (χ2v) is 3.25. The van der Waals surface area contributed by atoms with E-state index in [1.807, 2.05) is 6.92 Å². The predicted octanol–water partition coefficient (Wildman–Crippen LogP) is 2.46. The van der Waals surface area contributed by atoms with E-state index in [9.17, 15) is 4.79 Å². The zero-order valence-electron chi connectivity index (χ0n) is 7.05. The maximum atomic E-state index is 10.8. The van der Waals surface area contributed by atoms with Crippen LogP contribution in [0, 0.1) is 0 Å². The number of hydrogen-bond donors (Lipinski definition) is 0. The third-order valence-electron chi connectivity index (χ3n) is 1.42. The Morgan fingerprint density at radius 1 is 1.54 bits per heavy atom. The molecule has 0 N–H and O–H groups in total. The summed E-state index contributed by atoms with van der Waals surface area (Å²) in [5.74, 6) is 0.555. The number of halogens is 2. The van der Waals surface area contributed by atoms with Crippen LogP contribution in [0.2, 0.25) is 5.15 Å². The van der Waals surface area contributed by atoms with Crippen LogP contribution in [0.3, 0.4) is 0 Å². The monoisotopic (exact) mass is 218 g/mol. The van der Waals surface area contributed by atoms with Crippen LogP contribution in [-0.2, 0) is 6.42 Å². The molecule has 0 aliphatic carbocycles. The van der Waals surface area contributed by atoms with Crippen molar-refractivity contribution in [1.29, 1.82) is 0 Å². The largest absolute Gasteiger partial charge is 0.274 e. The van der Waals surface area contributed by atoms with Crippen LogP contribution in [0.4, 0.5) is 0 Å². The molecule has 3 nitrogen and oxygen atoms in total. The van der Waals surface area contributed by atoms with Crippen molar-refractivity contribution < 1.29 is 4.79 Å². The van der Waals surface area contributed by atoms with Gasteiger partial charge in [0, 0.05) is 12.5 Å². The summed E-state index contributed by atoms with van der Waals surface area (Å²) in [6.45, 7) is 1.99. The normalized spacial score (nSPS) is 10.1. The number of nitrogens with zero attached hydrogens (tertiary/aromatic N) is 2. The average Bonchev–Trinajstić information content (AvgIpc) is 2.03. The van der Waals surface area contributed by atoms with Crippen molar-refractivity contribution in [3.63, 3.8) is 0 Å². The summed E-state index contributed by atoms with van der Waals surface area (Å²) in [6, 6.07) is 1.36. The first-order valence-corrected chi connectivity index (χ1v) is 4.62. The van der Waals surface area contributed by atoms with Gasteiger partial charge in [-0.1, -0.05) is 18.5 Å². The lowest BCUT2D eigenvalue weighted by Crippen LogP contribution is -2.01. The molecule has 1 heterocycles. The number of aromatic nitrogens is 2. The van der Waals surface area contributed by atoms with Gasteiger partial charge < -0.3 is 0 Å². The summed E-state index contributed by atoms with van der Waals surface area (Å²) in [5.41, 5.74) is 0.158. The Labute approximate surface area is 86.1 Å². The van der Waals surface area contributed by atoms with E-state index in [-0.39, 0.29) is 10.8 Å². The van der Waals surface area contributed by atoms with Crippen LogP contribution < -0.4 is 0 Å². The van der Waals surface area contributed by atoms with Crippen LogP contribution in [0.15, 0.2) is 6.07 Å². The zero-order chi connectivity index (χ0) is 9.84. The fourth-order valence-electron chi connectivity index (χ4n) is 0.901. The Morgan fingerprint density at radius 2 is 2.23 bits per heavy atom. The SMILES string of the molecule is CCCc1nc(Cl)cc(C(=O)Cl)n1. The highest BCUT2D eigenvalue weighted by Gasteiger charge is 2.07. The maximum Gasteiger partial charge on any atom is 0.271 e. The number of carbonyl (C=O) groups is 1. The molecule has 70 valence electrons. The molecule has 5 heteroatoms. The second kappa shape index (κ2) is 4.53. The van der Waals surface area contributed by atoms with Gasteiger partial charge in [0.2, 0.25) is 0 Å². The average molecular weight is 219 g/mol. The van der Waals surface area contributed by atoms with E-state index >= 15 is 0 Å². The second-order valence-electron chi connectivity index (χ2n) is 2.52. The van der Waals surface area contributed by atoms with Crippen molar-refractivity contribution in [2.24, 2.45) is 0 Å². The van der Waals surface area contributed by atoms with E-state index in [0.717, 1.165) is 6.42 Å². The van der Waals surface area contributed by atoms with Gasteiger partial charge in [-0.05, 0) is 18.0 Å². The van der Waals surface area contributed by atoms with E-state index in [1.54, 1.807) is 0 Å². The quantitative estimate of drug-likeness (QED) is 0.579. The number of carbonyl (C=O) groups excluding carboxylic acids is 1. The highest BCUT2D eigenvalue weighted by Crippen LogP contribution is 2.10. The molecule has 0 unspecified atom stereocenters. The van der Waals surface area contributed by atoms with Gasteiger partial charge in [0.1, 0.15) is 16.7 Å². The molecule has 0 aliphatic heterocycles. The van der Waals surface area contributed by atoms with Crippen molar-refractivity contribution in [3.05, 3.63) is 22.7 Å². The molecule has 0 fully saturated rings. The summed E-state index contributed by atoms with van der Waals surface area (Å²) < 4.78 is 0. The number of aryl methyl sites for hydroxylation is 1. The number of rotatable bonds is 3. The van der Waals surface area contributed by atoms with Crippen LogP contribution in [0.1, 0.15) is 29.7 Å². The van der Waals surface area contributed by atoms with E-state index in [2.05, 4.69) is 9.97 Å². The van der Waals surface area contributed by atoms with Gasteiger partial charge in [-0.15, -0.1) is 0 Å². The molecule has 0 spiro atoms. The Bertz CT molecular complexity index is 328. The molecule has 1 aromatic heterocycles. The van der Waals surface area contributed by atoms with Crippen LogP contribution in [0.5, 0.6) is 0 Å². The molecular formula is C8H8Cl2N2O. The molecular weight excluding hydrogens is 211 g/mol. The summed E-state index contributed by atoms with van der Waals surface area (Å²) in [7, 11) is 0. The van der Waals surface area contributed by atoms with Crippen LogP contribution >= 0.6 is 23.2 Å². The standard InChI is InChI=1S/C8H8Cl2N2O/c1-2-3-7-11-5(8(10)13)4-6(9)12-7/h4H,2-3H2,1H3. The van der Waals surface area contributed by atoms with Crippen molar-refractivity contribution >= 4 is 28.4 Å². The van der Waals surface area contributed by atoms with E-state index in [4.69, 9.17) is 23.2 Å². The van der Waals surface area contributed by atoms with Gasteiger partial charge in [-0.3, -0.25) is 4.79 Å². The molecule has 0 saturated heterocycles. The van der Waals surface area contributed by atoms with Gasteiger partial charge in [-0.25, -0.2) is 9.97 Å². The van der Waals surface area contributed by atoms with Gasteiger partial charge in [0.15, 0.2) is 0 Å². The van der Waals surface area contributed by atoms with Gasteiger partial charge in [-0.2, -0.15) is 0 Å². The summed E-state index contributed by atoms with van der Waals surface area (Å²) >= 11 is 10.9. The van der Waals surface area contributed by atoms with Gasteiger partial charge in [0.05, 0.1) is 0 Å². The van der Waals surface area contributed by atoms with E-state index < -0.39 is 5.24 Å². The van der Waals surface area contributed by atoms with Crippen molar-refractivity contribution in [2.45, 2.75) is 19.8 Å². The molecule has 0 amide bonds. The smallest absolute Gasteiger partial charge is 0.271 e. The molecule has 13 heavy (non-hydrogen) atoms. The third kappa shape index (κ3) is 2.94. The molecule has 0 atom stereocenters. The Kier molecular flexibility index (Phi) is 3.63. The van der Waals surface area contributed by atoms with Gasteiger partial charge in [0.25, 0.3) is 5.24 Å². The van der Waals surface area contributed by atoms with Crippen LogP contribution in [0.25, 0.3) is 0 Å². The fraction of sp³-hybridized carbons (Fsp3) is 0.375. The van der Waals surface area contributed by atoms with Crippen molar-refractivity contribution in [1.82, 2.24) is 9.97 Å². The lowest BCUT2D eigenvalue weighted by molar-refractivity contribution is 0.107. The fourth-order valence-corrected chi connectivity index (χ4v) is 1.20. The number of hydrogen-bond acceptors (Lipinski definition) is 3. The third-order valence-corrected chi connectivity index (χ3v) is 1.80. The molecule has 1 aromatic rings. The van der Waals surface area contributed by atoms with E-state index in [0.29, 0.717) is 12.2 Å². The molecule has 0 radical (unpaired) electrons. The molecule has 0 bridgehead atoms. The highest BCUT2D eigenvalue weighted by atomic mass is 35.5. The van der Waals surface area contributed by atoms with E-state index in [1.165, 1.54) is 6.07 Å². The van der Waals surface area contributed by atoms with Crippen molar-refractivity contribution in [3.8, 4) is 0 Å². The lowest BCUT2D eigenvalue weighted by Gasteiger charge is -1.99. The summed E-state index contributed by atoms with van der Waals surface area (Å²) in [4.78, 5) is 18.7. The minimum absolute atomic E-state index is 0.158. The molecule has 1 rings (SSSR count). The maximum absolute atomic E-state index is 10.8. The molecule has 0 aromatic carbocycles. The topological polar surface area (TPSA) is 42.9 Å². The van der Waals surface area contributed by atoms with Gasteiger partial charge >= 0.3 is 0 Å². The first-order chi connectivity index (χ1) is 6.13. The molecule has 0 aliphatic rings. The van der Waals surface area contributed by atoms with Crippen LogP contribution in [-0.4, -0.2) is 15.2 Å². The first kappa shape index (κ1) is 10.4. The predicted molar refractivity (Wildman–Crippen MR) is 51.2 cm³/mol. The Morgan fingerprint density at radius 3 is 2.77 bits per heavy atom. The molecule has 0 saturated carbocycles. The minimum atomic E-state index is -0.610.